The van der Waals surface area contributed by atoms with E-state index in [4.69, 9.17) is 4.74 Å². The quantitative estimate of drug-likeness (QED) is 0.906. The van der Waals surface area contributed by atoms with E-state index in [1.807, 2.05) is 19.2 Å². The fourth-order valence-electron chi connectivity index (χ4n) is 2.87. The third-order valence-electron chi connectivity index (χ3n) is 4.20. The summed E-state index contributed by atoms with van der Waals surface area (Å²) in [5.41, 5.74) is 2.62. The molecular formula is C18H25N5O2. The summed E-state index contributed by atoms with van der Waals surface area (Å²) in [5, 5.41) is 7.63. The number of hydrogen-bond acceptors (Lipinski definition) is 5. The smallest absolute Gasteiger partial charge is 0.389 e. The number of rotatable bonds is 2. The molecule has 0 aromatic carbocycles. The Balaban J connectivity index is 1.99. The topological polar surface area (TPSA) is 72.3 Å². The summed E-state index contributed by atoms with van der Waals surface area (Å²) in [5.74, 6) is 0.291. The Morgan fingerprint density at radius 3 is 2.60 bits per heavy atom. The van der Waals surface area contributed by atoms with Crippen molar-refractivity contribution in [1.29, 1.82) is 0 Å². The number of piperazine rings is 1. The van der Waals surface area contributed by atoms with Crippen LogP contribution < -0.4 is 10.1 Å². The van der Waals surface area contributed by atoms with Gasteiger partial charge in [0.15, 0.2) is 0 Å². The molecule has 1 N–H and O–H groups in total. The number of hydrogen-bond donors (Lipinski definition) is 1. The van der Waals surface area contributed by atoms with Crippen LogP contribution in [0.15, 0.2) is 24.7 Å². The predicted octanol–water partition coefficient (Wildman–Crippen LogP) is 2.28. The molecule has 0 aliphatic carbocycles. The molecule has 3 rings (SSSR count). The van der Waals surface area contributed by atoms with E-state index in [1.54, 1.807) is 22.0 Å². The van der Waals surface area contributed by atoms with Crippen LogP contribution >= 0.6 is 0 Å². The summed E-state index contributed by atoms with van der Waals surface area (Å²) < 4.78 is 7.41. The number of carbonyl (C=O) groups is 1. The molecule has 2 aromatic rings. The molecule has 0 atom stereocenters. The van der Waals surface area contributed by atoms with Crippen LogP contribution in [-0.2, 0) is 5.41 Å². The van der Waals surface area contributed by atoms with Crippen LogP contribution in [0.2, 0.25) is 0 Å². The van der Waals surface area contributed by atoms with Gasteiger partial charge in [-0.3, -0.25) is 0 Å². The lowest BCUT2D eigenvalue weighted by Gasteiger charge is -2.27. The van der Waals surface area contributed by atoms with Crippen molar-refractivity contribution in [3.63, 3.8) is 0 Å². The number of carbonyl (C=O) groups excluding carboxylic acids is 1. The van der Waals surface area contributed by atoms with Crippen molar-refractivity contribution in [1.82, 2.24) is 25.0 Å². The van der Waals surface area contributed by atoms with Gasteiger partial charge >= 0.3 is 6.09 Å². The lowest BCUT2D eigenvalue weighted by Crippen LogP contribution is -2.47. The molecular weight excluding hydrogens is 318 g/mol. The first kappa shape index (κ1) is 17.4. The zero-order valence-corrected chi connectivity index (χ0v) is 15.2. The van der Waals surface area contributed by atoms with E-state index < -0.39 is 0 Å². The highest BCUT2D eigenvalue weighted by Gasteiger charge is 2.26. The molecule has 2 aromatic heterocycles. The van der Waals surface area contributed by atoms with Gasteiger partial charge in [-0.15, -0.1) is 0 Å². The SMILES string of the molecule is Cc1cnn(-c2c(C(C)(C)C)ccnc2OC(=O)N2CCNCC2)c1. The Bertz CT molecular complexity index is 757. The van der Waals surface area contributed by atoms with Crippen molar-refractivity contribution in [2.45, 2.75) is 33.1 Å². The molecule has 0 saturated carbocycles. The number of aryl methyl sites for hydroxylation is 1. The third kappa shape index (κ3) is 3.82. The van der Waals surface area contributed by atoms with Gasteiger partial charge in [0, 0.05) is 38.6 Å². The molecule has 1 saturated heterocycles. The predicted molar refractivity (Wildman–Crippen MR) is 95.3 cm³/mol. The molecule has 1 fully saturated rings. The van der Waals surface area contributed by atoms with Gasteiger partial charge in [0.1, 0.15) is 5.69 Å². The Labute approximate surface area is 148 Å². The van der Waals surface area contributed by atoms with Gasteiger partial charge in [0.2, 0.25) is 0 Å². The Morgan fingerprint density at radius 1 is 1.28 bits per heavy atom. The number of nitrogens with zero attached hydrogens (tertiary/aromatic N) is 4. The minimum atomic E-state index is -0.370. The summed E-state index contributed by atoms with van der Waals surface area (Å²) in [6, 6.07) is 1.95. The van der Waals surface area contributed by atoms with Crippen molar-refractivity contribution in [2.75, 3.05) is 26.2 Å². The number of ether oxygens (including phenoxy) is 1. The maximum Gasteiger partial charge on any atom is 0.416 e. The number of nitrogens with one attached hydrogen (secondary N) is 1. The zero-order chi connectivity index (χ0) is 18.0. The van der Waals surface area contributed by atoms with Crippen LogP contribution in [0.25, 0.3) is 5.69 Å². The molecule has 7 heteroatoms. The second-order valence-electron chi connectivity index (χ2n) is 7.33. The van der Waals surface area contributed by atoms with Crippen molar-refractivity contribution >= 4 is 6.09 Å². The van der Waals surface area contributed by atoms with E-state index in [1.165, 1.54) is 0 Å². The highest BCUT2D eigenvalue weighted by molar-refractivity contribution is 5.72. The third-order valence-corrected chi connectivity index (χ3v) is 4.20. The lowest BCUT2D eigenvalue weighted by molar-refractivity contribution is 0.144. The molecule has 7 nitrogen and oxygen atoms in total. The molecule has 0 bridgehead atoms. The second-order valence-corrected chi connectivity index (χ2v) is 7.33. The lowest BCUT2D eigenvalue weighted by atomic mass is 9.86. The number of pyridine rings is 1. The molecule has 1 aliphatic heterocycles. The van der Waals surface area contributed by atoms with E-state index in [0.717, 1.165) is 24.2 Å². The summed E-state index contributed by atoms with van der Waals surface area (Å²) in [6.45, 7) is 11.1. The van der Waals surface area contributed by atoms with E-state index in [0.29, 0.717) is 24.7 Å². The van der Waals surface area contributed by atoms with Gasteiger partial charge in [0.05, 0.1) is 6.20 Å². The van der Waals surface area contributed by atoms with Crippen LogP contribution in [0.3, 0.4) is 0 Å². The fourth-order valence-corrected chi connectivity index (χ4v) is 2.87. The van der Waals surface area contributed by atoms with Gasteiger partial charge in [-0.1, -0.05) is 20.8 Å². The molecule has 25 heavy (non-hydrogen) atoms. The highest BCUT2D eigenvalue weighted by Crippen LogP contribution is 2.33. The zero-order valence-electron chi connectivity index (χ0n) is 15.2. The molecule has 0 unspecified atom stereocenters. The van der Waals surface area contributed by atoms with Crippen LogP contribution in [0.1, 0.15) is 31.9 Å². The van der Waals surface area contributed by atoms with E-state index in [9.17, 15) is 4.79 Å². The van der Waals surface area contributed by atoms with Crippen molar-refractivity contribution in [2.24, 2.45) is 0 Å². The first-order valence-corrected chi connectivity index (χ1v) is 8.55. The fraction of sp³-hybridized carbons (Fsp3) is 0.500. The van der Waals surface area contributed by atoms with Gasteiger partial charge in [-0.05, 0) is 29.5 Å². The monoisotopic (exact) mass is 343 g/mol. The molecule has 1 amide bonds. The first-order valence-electron chi connectivity index (χ1n) is 8.55. The van der Waals surface area contributed by atoms with E-state index in [2.05, 4.69) is 36.2 Å². The van der Waals surface area contributed by atoms with Gasteiger partial charge in [-0.25, -0.2) is 14.5 Å². The Morgan fingerprint density at radius 2 is 2.00 bits per heavy atom. The summed E-state index contributed by atoms with van der Waals surface area (Å²) >= 11 is 0. The molecule has 134 valence electrons. The minimum absolute atomic E-state index is 0.145. The standard InChI is InChI=1S/C18H25N5O2/c1-13-11-21-23(12-13)15-14(18(2,3)4)5-6-20-16(15)25-17(24)22-9-7-19-8-10-22/h5-6,11-12,19H,7-10H2,1-4H3. The molecule has 0 spiro atoms. The largest absolute Gasteiger partial charge is 0.416 e. The average Bonchev–Trinajstić information content (AvgIpc) is 3.01. The Hall–Kier alpha value is -2.41. The Kier molecular flexibility index (Phi) is 4.76. The molecule has 3 heterocycles. The van der Waals surface area contributed by atoms with Gasteiger partial charge in [0.25, 0.3) is 5.88 Å². The molecule has 1 aliphatic rings. The second kappa shape index (κ2) is 6.84. The maximum absolute atomic E-state index is 12.5. The molecule has 0 radical (unpaired) electrons. The number of amides is 1. The maximum atomic E-state index is 12.5. The van der Waals surface area contributed by atoms with Crippen molar-refractivity contribution in [3.8, 4) is 11.6 Å². The number of aromatic nitrogens is 3. The normalized spacial score (nSPS) is 15.3. The van der Waals surface area contributed by atoms with Crippen LogP contribution in [0.4, 0.5) is 4.79 Å². The van der Waals surface area contributed by atoms with Gasteiger partial charge in [-0.2, -0.15) is 5.10 Å². The van der Waals surface area contributed by atoms with Gasteiger partial charge < -0.3 is 15.0 Å². The first-order chi connectivity index (χ1) is 11.9. The summed E-state index contributed by atoms with van der Waals surface area (Å²) in [7, 11) is 0. The van der Waals surface area contributed by atoms with Crippen molar-refractivity contribution in [3.05, 3.63) is 35.8 Å². The van der Waals surface area contributed by atoms with Crippen molar-refractivity contribution < 1.29 is 9.53 Å². The highest BCUT2D eigenvalue weighted by atomic mass is 16.6. The van der Waals surface area contributed by atoms with E-state index in [-0.39, 0.29) is 11.5 Å². The minimum Gasteiger partial charge on any atom is -0.389 e. The summed E-state index contributed by atoms with van der Waals surface area (Å²) in [6.07, 6.45) is 5.00. The van der Waals surface area contributed by atoms with E-state index >= 15 is 0 Å². The van der Waals surface area contributed by atoms with Crippen LogP contribution in [0.5, 0.6) is 5.88 Å². The van der Waals surface area contributed by atoms with Crippen LogP contribution in [0, 0.1) is 6.92 Å². The van der Waals surface area contributed by atoms with Crippen LogP contribution in [-0.4, -0.2) is 51.9 Å². The average molecular weight is 343 g/mol. The summed E-state index contributed by atoms with van der Waals surface area (Å²) in [4.78, 5) is 18.5.